The van der Waals surface area contributed by atoms with E-state index in [9.17, 15) is 18.0 Å². The van der Waals surface area contributed by atoms with Gasteiger partial charge in [-0.1, -0.05) is 12.1 Å². The van der Waals surface area contributed by atoms with E-state index in [1.54, 1.807) is 56.8 Å². The number of aliphatic imine (C=N–C) groups is 1. The predicted octanol–water partition coefficient (Wildman–Crippen LogP) is 4.79. The van der Waals surface area contributed by atoms with Crippen molar-refractivity contribution in [1.29, 1.82) is 0 Å². The molecule has 3 aromatic rings. The lowest BCUT2D eigenvalue weighted by Gasteiger charge is -2.14. The van der Waals surface area contributed by atoms with E-state index in [2.05, 4.69) is 9.98 Å². The number of carbonyl (C=O) groups excluding carboxylic acids is 1. The van der Waals surface area contributed by atoms with Crippen molar-refractivity contribution in [2.45, 2.75) is 20.0 Å². The zero-order valence-electron chi connectivity index (χ0n) is 19.5. The van der Waals surface area contributed by atoms with Crippen molar-refractivity contribution in [2.75, 3.05) is 27.9 Å². The summed E-state index contributed by atoms with van der Waals surface area (Å²) in [5.74, 6) is 1.71. The molecule has 182 valence electrons. The molecule has 0 bridgehead atoms. The predicted molar refractivity (Wildman–Crippen MR) is 124 cm³/mol. The number of rotatable bonds is 7. The second-order valence-corrected chi connectivity index (χ2v) is 6.95. The fourth-order valence-electron chi connectivity index (χ4n) is 3.10. The van der Waals surface area contributed by atoms with Crippen LogP contribution < -0.4 is 19.9 Å². The number of ketones is 1. The van der Waals surface area contributed by atoms with Crippen molar-refractivity contribution in [3.8, 4) is 17.2 Å². The van der Waals surface area contributed by atoms with Crippen LogP contribution in [-0.4, -0.2) is 50.7 Å². The Morgan fingerprint density at radius 3 is 2.21 bits per heavy atom. The molecule has 0 aliphatic heterocycles. The summed E-state index contributed by atoms with van der Waals surface area (Å²) in [4.78, 5) is 21.7. The van der Waals surface area contributed by atoms with Gasteiger partial charge in [0.1, 0.15) is 17.3 Å². The van der Waals surface area contributed by atoms with Gasteiger partial charge in [0.05, 0.1) is 20.8 Å². The summed E-state index contributed by atoms with van der Waals surface area (Å²) >= 11 is 0. The van der Waals surface area contributed by atoms with E-state index < -0.39 is 6.18 Å². The van der Waals surface area contributed by atoms with E-state index in [1.807, 2.05) is 6.92 Å². The zero-order valence-corrected chi connectivity index (χ0v) is 19.5. The van der Waals surface area contributed by atoms with Crippen molar-refractivity contribution in [2.24, 2.45) is 10.7 Å². The molecule has 0 saturated carbocycles. The van der Waals surface area contributed by atoms with Gasteiger partial charge in [-0.3, -0.25) is 14.8 Å². The number of fused-ring (bicyclic) bond motifs is 1. The minimum Gasteiger partial charge on any atom is -0.494 e. The highest BCUT2D eigenvalue weighted by Crippen LogP contribution is 2.35. The molecule has 0 fully saturated rings. The topological polar surface area (TPSA) is 96.0 Å². The lowest BCUT2D eigenvalue weighted by atomic mass is 9.98. The van der Waals surface area contributed by atoms with Gasteiger partial charge in [-0.25, -0.2) is 0 Å². The van der Waals surface area contributed by atoms with Gasteiger partial charge in [0.15, 0.2) is 11.5 Å². The molecule has 0 unspecified atom stereocenters. The molecule has 0 amide bonds. The highest BCUT2D eigenvalue weighted by molar-refractivity contribution is 6.19. The fraction of sp³-hybridized carbons (Fsp3) is 0.292. The molecule has 34 heavy (non-hydrogen) atoms. The molecule has 0 radical (unpaired) electrons. The third kappa shape index (κ3) is 6.60. The second kappa shape index (κ2) is 11.4. The first-order chi connectivity index (χ1) is 16.0. The summed E-state index contributed by atoms with van der Waals surface area (Å²) in [5, 5.41) is 1.30. The minimum atomic E-state index is -4.00. The minimum absolute atomic E-state index is 0.188. The fourth-order valence-corrected chi connectivity index (χ4v) is 3.10. The van der Waals surface area contributed by atoms with Gasteiger partial charge < -0.3 is 19.9 Å². The number of pyridine rings is 1. The van der Waals surface area contributed by atoms with Crippen LogP contribution in [0.3, 0.4) is 0 Å². The Balaban J connectivity index is 0.000000739. The average Bonchev–Trinajstić information content (AvgIpc) is 2.80. The first-order valence-electron chi connectivity index (χ1n) is 10.2. The van der Waals surface area contributed by atoms with E-state index in [-0.39, 0.29) is 18.4 Å². The Morgan fingerprint density at radius 1 is 1.09 bits per heavy atom. The van der Waals surface area contributed by atoms with Crippen LogP contribution in [0.1, 0.15) is 35.5 Å². The molecule has 0 aliphatic carbocycles. The highest BCUT2D eigenvalue weighted by Gasteiger charge is 2.20. The quantitative estimate of drug-likeness (QED) is 0.299. The molecule has 7 nitrogen and oxygen atoms in total. The Morgan fingerprint density at radius 2 is 1.68 bits per heavy atom. The maximum Gasteiger partial charge on any atom is 0.386 e. The van der Waals surface area contributed by atoms with E-state index in [4.69, 9.17) is 19.9 Å². The number of carbonyl (C=O) groups is 1. The van der Waals surface area contributed by atoms with Gasteiger partial charge in [0, 0.05) is 42.1 Å². The van der Waals surface area contributed by atoms with Crippen LogP contribution in [0.25, 0.3) is 10.8 Å². The van der Waals surface area contributed by atoms with Crippen molar-refractivity contribution in [3.05, 3.63) is 59.4 Å². The van der Waals surface area contributed by atoms with Gasteiger partial charge in [0.25, 0.3) is 0 Å². The van der Waals surface area contributed by atoms with Crippen LogP contribution in [0.2, 0.25) is 0 Å². The maximum absolute atomic E-state index is 13.3. The van der Waals surface area contributed by atoms with Gasteiger partial charge >= 0.3 is 6.18 Å². The zero-order chi connectivity index (χ0) is 25.5. The van der Waals surface area contributed by atoms with Crippen LogP contribution in [0, 0.1) is 0 Å². The van der Waals surface area contributed by atoms with Gasteiger partial charge in [-0.05, 0) is 31.2 Å². The number of halogens is 3. The molecule has 2 N–H and O–H groups in total. The Labute approximate surface area is 195 Å². The average molecular weight is 477 g/mol. The number of alkyl halides is 3. The lowest BCUT2D eigenvalue weighted by molar-refractivity contribution is -0.110. The molecule has 0 saturated heterocycles. The smallest absolute Gasteiger partial charge is 0.386 e. The molecule has 0 aliphatic rings. The number of nitrogens with two attached hydrogens (primary N) is 1. The summed E-state index contributed by atoms with van der Waals surface area (Å²) in [7, 11) is 4.68. The molecule has 2 aromatic carbocycles. The third-order valence-corrected chi connectivity index (χ3v) is 4.53. The van der Waals surface area contributed by atoms with E-state index in [0.29, 0.717) is 51.6 Å². The van der Waals surface area contributed by atoms with E-state index in [1.165, 1.54) is 7.11 Å². The second-order valence-electron chi connectivity index (χ2n) is 6.95. The van der Waals surface area contributed by atoms with Crippen LogP contribution in [0.5, 0.6) is 17.2 Å². The molecular weight excluding hydrogens is 451 g/mol. The van der Waals surface area contributed by atoms with Crippen molar-refractivity contribution in [3.63, 3.8) is 0 Å². The number of amidine groups is 1. The van der Waals surface area contributed by atoms with Crippen molar-refractivity contribution in [1.82, 2.24) is 4.98 Å². The molecule has 10 heteroatoms. The monoisotopic (exact) mass is 477 g/mol. The lowest BCUT2D eigenvalue weighted by Crippen LogP contribution is -2.16. The van der Waals surface area contributed by atoms with Crippen LogP contribution in [0.4, 0.5) is 13.2 Å². The summed E-state index contributed by atoms with van der Waals surface area (Å²) in [5.41, 5.74) is 7.42. The van der Waals surface area contributed by atoms with Crippen LogP contribution in [-0.2, 0) is 0 Å². The Bertz CT molecular complexity index is 1190. The van der Waals surface area contributed by atoms with E-state index >= 15 is 0 Å². The molecular formula is C24H26F3N3O4. The summed E-state index contributed by atoms with van der Waals surface area (Å²) < 4.78 is 47.4. The van der Waals surface area contributed by atoms with Crippen LogP contribution >= 0.6 is 0 Å². The largest absolute Gasteiger partial charge is 0.494 e. The van der Waals surface area contributed by atoms with Gasteiger partial charge in [-0.2, -0.15) is 13.2 Å². The first kappa shape index (κ1) is 26.4. The summed E-state index contributed by atoms with van der Waals surface area (Å²) in [6, 6.07) is 10.5. The van der Waals surface area contributed by atoms with Gasteiger partial charge in [0.2, 0.25) is 5.78 Å². The summed E-state index contributed by atoms with van der Waals surface area (Å²) in [6.45, 7) is 2.59. The number of benzene rings is 2. The normalized spacial score (nSPS) is 11.5. The number of nitrogens with zero attached hydrogens (tertiary/aromatic N) is 2. The Kier molecular flexibility index (Phi) is 8.83. The third-order valence-electron chi connectivity index (χ3n) is 4.53. The van der Waals surface area contributed by atoms with Crippen molar-refractivity contribution >= 4 is 22.4 Å². The molecule has 1 aromatic heterocycles. The van der Waals surface area contributed by atoms with Gasteiger partial charge in [-0.15, -0.1) is 0 Å². The Hall–Kier alpha value is -3.82. The number of ether oxygens (including phenoxy) is 3. The molecule has 0 atom stereocenters. The molecule has 1 heterocycles. The highest BCUT2D eigenvalue weighted by atomic mass is 19.4. The summed E-state index contributed by atoms with van der Waals surface area (Å²) in [6.07, 6.45) is -2.45. The van der Waals surface area contributed by atoms with Crippen LogP contribution in [0.15, 0.2) is 47.6 Å². The SMILES string of the molecule is CC(F)(F)F.CCOc1cccc(C(=O)c2ncc(C(N)=NC)c3cc(OC)c(OC)cc23)c1. The maximum atomic E-state index is 13.3. The number of methoxy groups -OCH3 is 2. The number of hydrogen-bond donors (Lipinski definition) is 1. The number of hydrogen-bond acceptors (Lipinski definition) is 6. The molecule has 0 spiro atoms. The number of aromatic nitrogens is 1. The first-order valence-corrected chi connectivity index (χ1v) is 10.2. The molecule has 3 rings (SSSR count). The van der Waals surface area contributed by atoms with E-state index in [0.717, 1.165) is 0 Å². The van der Waals surface area contributed by atoms with Crippen molar-refractivity contribution < 1.29 is 32.2 Å². The standard InChI is InChI=1S/C22H23N3O4.C2H3F3/c1-5-29-14-8-6-7-13(9-14)21(26)20-16-11-19(28-4)18(27-3)10-15(16)17(12-25-20)22(23)24-2;1-2(3,4)5/h6-12H,5H2,1-4H3,(H2,23,24);1H3.